The molecule has 0 atom stereocenters. The lowest BCUT2D eigenvalue weighted by Crippen LogP contribution is -2.37. The van der Waals surface area contributed by atoms with Gasteiger partial charge in [-0.15, -0.1) is 24.0 Å². The van der Waals surface area contributed by atoms with Crippen LogP contribution < -0.4 is 15.4 Å². The molecule has 0 unspecified atom stereocenters. The molecule has 0 aromatic heterocycles. The van der Waals surface area contributed by atoms with Gasteiger partial charge in [-0.2, -0.15) is 0 Å². The van der Waals surface area contributed by atoms with Crippen LogP contribution in [0.2, 0.25) is 0 Å². The molecule has 2 aromatic carbocycles. The zero-order chi connectivity index (χ0) is 20.4. The summed E-state index contributed by atoms with van der Waals surface area (Å²) in [6.07, 6.45) is 0. The van der Waals surface area contributed by atoms with Crippen molar-refractivity contribution in [3.63, 3.8) is 0 Å². The fourth-order valence-corrected chi connectivity index (χ4v) is 2.48. The van der Waals surface area contributed by atoms with Crippen LogP contribution >= 0.6 is 24.0 Å². The SMILES string of the molecule is CCNC(=NCc1cc(F)ccc1F)NCc1ccccc1OCCN(C)C.I. The normalized spacial score (nSPS) is 11.2. The van der Waals surface area contributed by atoms with Crippen molar-refractivity contribution in [1.82, 2.24) is 15.5 Å². The Morgan fingerprint density at radius 3 is 2.55 bits per heavy atom. The molecule has 0 fully saturated rings. The van der Waals surface area contributed by atoms with Crippen LogP contribution in [0.4, 0.5) is 8.78 Å². The number of likely N-dealkylation sites (N-methyl/N-ethyl adjacent to an activating group) is 1. The van der Waals surface area contributed by atoms with Crippen molar-refractivity contribution in [2.45, 2.75) is 20.0 Å². The van der Waals surface area contributed by atoms with Crippen molar-refractivity contribution < 1.29 is 13.5 Å². The molecular weight excluding hydrogens is 489 g/mol. The summed E-state index contributed by atoms with van der Waals surface area (Å²) in [7, 11) is 3.99. The summed E-state index contributed by atoms with van der Waals surface area (Å²) in [5.74, 6) is 0.382. The number of hydrogen-bond acceptors (Lipinski definition) is 3. The summed E-state index contributed by atoms with van der Waals surface area (Å²) in [5.41, 5.74) is 1.20. The monoisotopic (exact) mass is 518 g/mol. The predicted molar refractivity (Wildman–Crippen MR) is 124 cm³/mol. The Kier molecular flexibility index (Phi) is 11.5. The molecule has 0 saturated carbocycles. The quantitative estimate of drug-likeness (QED) is 0.302. The van der Waals surface area contributed by atoms with E-state index >= 15 is 0 Å². The van der Waals surface area contributed by atoms with Crippen molar-refractivity contribution in [1.29, 1.82) is 0 Å². The second-order valence-electron chi connectivity index (χ2n) is 6.54. The van der Waals surface area contributed by atoms with Crippen molar-refractivity contribution in [3.8, 4) is 5.75 Å². The highest BCUT2D eigenvalue weighted by Gasteiger charge is 2.07. The number of ether oxygens (including phenoxy) is 1. The first kappa shape index (κ1) is 25.1. The molecule has 5 nitrogen and oxygen atoms in total. The molecular formula is C21H29F2IN4O. The molecule has 0 aliphatic carbocycles. The van der Waals surface area contributed by atoms with Crippen LogP contribution in [0.25, 0.3) is 0 Å². The van der Waals surface area contributed by atoms with Gasteiger partial charge in [0.15, 0.2) is 5.96 Å². The van der Waals surface area contributed by atoms with E-state index in [2.05, 4.69) is 20.5 Å². The molecule has 0 saturated heterocycles. The van der Waals surface area contributed by atoms with Gasteiger partial charge in [-0.3, -0.25) is 0 Å². The standard InChI is InChI=1S/C21H28F2N4O.HI/c1-4-24-21(26-15-17-13-18(22)9-10-19(17)23)25-14-16-7-5-6-8-20(16)28-12-11-27(2)3;/h5-10,13H,4,11-12,14-15H2,1-3H3,(H2,24,25,26);1H. The van der Waals surface area contributed by atoms with E-state index in [4.69, 9.17) is 4.74 Å². The third kappa shape index (κ3) is 8.95. The molecule has 0 aliphatic rings. The maximum Gasteiger partial charge on any atom is 0.191 e. The lowest BCUT2D eigenvalue weighted by atomic mass is 10.2. The van der Waals surface area contributed by atoms with Crippen molar-refractivity contribution in [2.24, 2.45) is 4.99 Å². The van der Waals surface area contributed by atoms with Crippen LogP contribution in [-0.2, 0) is 13.1 Å². The molecule has 160 valence electrons. The van der Waals surface area contributed by atoms with Gasteiger partial charge in [-0.1, -0.05) is 18.2 Å². The number of rotatable bonds is 9. The van der Waals surface area contributed by atoms with Crippen LogP contribution in [0.1, 0.15) is 18.1 Å². The molecule has 2 rings (SSSR count). The minimum Gasteiger partial charge on any atom is -0.492 e. The Hall–Kier alpha value is -1.94. The first-order chi connectivity index (χ1) is 13.5. The predicted octanol–water partition coefficient (Wildman–Crippen LogP) is 3.78. The lowest BCUT2D eigenvalue weighted by Gasteiger charge is -2.16. The molecule has 0 bridgehead atoms. The van der Waals surface area contributed by atoms with E-state index in [1.54, 1.807) is 0 Å². The van der Waals surface area contributed by atoms with Gasteiger partial charge in [0.25, 0.3) is 0 Å². The summed E-state index contributed by atoms with van der Waals surface area (Å²) in [6.45, 7) is 4.55. The first-order valence-corrected chi connectivity index (χ1v) is 9.31. The third-order valence-electron chi connectivity index (χ3n) is 3.97. The zero-order valence-corrected chi connectivity index (χ0v) is 19.4. The summed E-state index contributed by atoms with van der Waals surface area (Å²) < 4.78 is 33.0. The van der Waals surface area contributed by atoms with E-state index in [-0.39, 0.29) is 36.1 Å². The van der Waals surface area contributed by atoms with Crippen molar-refractivity contribution in [3.05, 3.63) is 65.2 Å². The van der Waals surface area contributed by atoms with E-state index < -0.39 is 11.6 Å². The number of para-hydroxylation sites is 1. The Balaban J connectivity index is 0.00000420. The molecule has 2 aromatic rings. The van der Waals surface area contributed by atoms with Gasteiger partial charge in [0, 0.05) is 30.8 Å². The summed E-state index contributed by atoms with van der Waals surface area (Å²) in [4.78, 5) is 6.41. The average molecular weight is 518 g/mol. The van der Waals surface area contributed by atoms with Gasteiger partial charge in [0.1, 0.15) is 24.0 Å². The number of hydrogen-bond donors (Lipinski definition) is 2. The Labute approximate surface area is 188 Å². The number of guanidine groups is 1. The highest BCUT2D eigenvalue weighted by atomic mass is 127. The van der Waals surface area contributed by atoms with Crippen LogP contribution in [0.15, 0.2) is 47.5 Å². The Bertz CT molecular complexity index is 787. The maximum absolute atomic E-state index is 13.8. The van der Waals surface area contributed by atoms with Gasteiger partial charge in [-0.05, 0) is 45.3 Å². The zero-order valence-electron chi connectivity index (χ0n) is 17.0. The average Bonchev–Trinajstić information content (AvgIpc) is 2.67. The van der Waals surface area contributed by atoms with E-state index in [0.29, 0.717) is 25.7 Å². The number of nitrogens with one attached hydrogen (secondary N) is 2. The summed E-state index contributed by atoms with van der Waals surface area (Å²) >= 11 is 0. The highest BCUT2D eigenvalue weighted by molar-refractivity contribution is 14.0. The second-order valence-corrected chi connectivity index (χ2v) is 6.54. The fraction of sp³-hybridized carbons (Fsp3) is 0.381. The fourth-order valence-electron chi connectivity index (χ4n) is 2.48. The van der Waals surface area contributed by atoms with E-state index in [1.807, 2.05) is 45.3 Å². The van der Waals surface area contributed by atoms with Gasteiger partial charge in [0.05, 0.1) is 6.54 Å². The molecule has 0 amide bonds. The number of aliphatic imine (C=N–C) groups is 1. The largest absolute Gasteiger partial charge is 0.492 e. The number of benzene rings is 2. The van der Waals surface area contributed by atoms with Gasteiger partial charge >= 0.3 is 0 Å². The van der Waals surface area contributed by atoms with Crippen LogP contribution in [0, 0.1) is 11.6 Å². The lowest BCUT2D eigenvalue weighted by molar-refractivity contribution is 0.259. The Morgan fingerprint density at radius 1 is 1.07 bits per heavy atom. The molecule has 8 heteroatoms. The summed E-state index contributed by atoms with van der Waals surface area (Å²) in [6, 6.07) is 11.2. The van der Waals surface area contributed by atoms with Crippen LogP contribution in [0.5, 0.6) is 5.75 Å². The van der Waals surface area contributed by atoms with E-state index in [1.165, 1.54) is 0 Å². The molecule has 0 aliphatic heterocycles. The van der Waals surface area contributed by atoms with Gasteiger partial charge in [0.2, 0.25) is 0 Å². The molecule has 2 N–H and O–H groups in total. The molecule has 0 heterocycles. The second kappa shape index (κ2) is 13.3. The minimum atomic E-state index is -0.478. The Morgan fingerprint density at radius 2 is 1.83 bits per heavy atom. The van der Waals surface area contributed by atoms with Gasteiger partial charge < -0.3 is 20.3 Å². The van der Waals surface area contributed by atoms with E-state index in [9.17, 15) is 8.78 Å². The van der Waals surface area contributed by atoms with Crippen molar-refractivity contribution in [2.75, 3.05) is 33.8 Å². The molecule has 0 radical (unpaired) electrons. The van der Waals surface area contributed by atoms with E-state index in [0.717, 1.165) is 36.1 Å². The summed E-state index contributed by atoms with van der Waals surface area (Å²) in [5, 5.41) is 6.32. The molecule has 29 heavy (non-hydrogen) atoms. The van der Waals surface area contributed by atoms with Crippen LogP contribution in [-0.4, -0.2) is 44.7 Å². The highest BCUT2D eigenvalue weighted by Crippen LogP contribution is 2.17. The first-order valence-electron chi connectivity index (χ1n) is 9.31. The van der Waals surface area contributed by atoms with Crippen molar-refractivity contribution >= 4 is 29.9 Å². The topological polar surface area (TPSA) is 48.9 Å². The smallest absolute Gasteiger partial charge is 0.191 e. The third-order valence-corrected chi connectivity index (χ3v) is 3.97. The maximum atomic E-state index is 13.8. The van der Waals surface area contributed by atoms with Gasteiger partial charge in [-0.25, -0.2) is 13.8 Å². The van der Waals surface area contributed by atoms with Crippen LogP contribution in [0.3, 0.4) is 0 Å². The number of halogens is 3. The molecule has 0 spiro atoms. The minimum absolute atomic E-state index is 0. The number of nitrogens with zero attached hydrogens (tertiary/aromatic N) is 2.